The fourth-order valence-electron chi connectivity index (χ4n) is 2.08. The van der Waals surface area contributed by atoms with E-state index < -0.39 is 12.0 Å². The summed E-state index contributed by atoms with van der Waals surface area (Å²) in [6.07, 6.45) is 1.80. The average Bonchev–Trinajstić information content (AvgIpc) is 3.14. The molecule has 0 radical (unpaired) electrons. The number of aryl methyl sites for hydroxylation is 1. The Kier molecular flexibility index (Phi) is 3.36. The van der Waals surface area contributed by atoms with E-state index in [0.717, 1.165) is 18.4 Å². The lowest BCUT2D eigenvalue weighted by atomic mass is 10.1. The summed E-state index contributed by atoms with van der Waals surface area (Å²) in [4.78, 5) is 25.1. The van der Waals surface area contributed by atoms with Crippen LogP contribution in [-0.2, 0) is 4.79 Å². The maximum absolute atomic E-state index is 12.5. The van der Waals surface area contributed by atoms with Crippen molar-refractivity contribution in [1.29, 1.82) is 0 Å². The summed E-state index contributed by atoms with van der Waals surface area (Å²) in [7, 11) is 0. The number of nitrogens with zero attached hydrogens (tertiary/aromatic N) is 1. The molecule has 0 spiro atoms. The van der Waals surface area contributed by atoms with Crippen LogP contribution in [0.2, 0.25) is 0 Å². The van der Waals surface area contributed by atoms with Gasteiger partial charge in [0, 0.05) is 11.6 Å². The molecule has 2 rings (SSSR count). The predicted molar refractivity (Wildman–Crippen MR) is 67.5 cm³/mol. The highest BCUT2D eigenvalue weighted by atomic mass is 16.4. The molecule has 0 bridgehead atoms. The van der Waals surface area contributed by atoms with Gasteiger partial charge in [0.15, 0.2) is 0 Å². The van der Waals surface area contributed by atoms with Crippen molar-refractivity contribution in [3.05, 3.63) is 35.4 Å². The molecule has 18 heavy (non-hydrogen) atoms. The number of carbonyl (C=O) groups excluding carboxylic acids is 1. The van der Waals surface area contributed by atoms with Crippen molar-refractivity contribution >= 4 is 11.9 Å². The molecule has 4 heteroatoms. The summed E-state index contributed by atoms with van der Waals surface area (Å²) in [6.45, 7) is 3.43. The molecule has 1 aliphatic carbocycles. The Bertz CT molecular complexity index is 480. The van der Waals surface area contributed by atoms with Crippen molar-refractivity contribution in [3.8, 4) is 0 Å². The second-order valence-electron chi connectivity index (χ2n) is 4.77. The largest absolute Gasteiger partial charge is 0.480 e. The van der Waals surface area contributed by atoms with E-state index in [0.29, 0.717) is 5.56 Å². The van der Waals surface area contributed by atoms with Gasteiger partial charge in [-0.25, -0.2) is 4.79 Å². The minimum atomic E-state index is -0.955. The number of rotatable bonds is 4. The highest BCUT2D eigenvalue weighted by Gasteiger charge is 2.38. The monoisotopic (exact) mass is 247 g/mol. The van der Waals surface area contributed by atoms with Gasteiger partial charge in [-0.3, -0.25) is 4.79 Å². The van der Waals surface area contributed by atoms with Crippen LogP contribution in [0.5, 0.6) is 0 Å². The van der Waals surface area contributed by atoms with Crippen LogP contribution in [0.15, 0.2) is 24.3 Å². The lowest BCUT2D eigenvalue weighted by Crippen LogP contribution is -2.44. The van der Waals surface area contributed by atoms with Crippen LogP contribution in [0.4, 0.5) is 0 Å². The quantitative estimate of drug-likeness (QED) is 0.886. The van der Waals surface area contributed by atoms with Gasteiger partial charge in [0.2, 0.25) is 0 Å². The Labute approximate surface area is 106 Å². The Balaban J connectivity index is 2.29. The normalized spacial score (nSPS) is 16.1. The molecule has 1 unspecified atom stereocenters. The lowest BCUT2D eigenvalue weighted by molar-refractivity contribution is -0.141. The van der Waals surface area contributed by atoms with Crippen molar-refractivity contribution in [2.24, 2.45) is 0 Å². The zero-order valence-corrected chi connectivity index (χ0v) is 10.6. The first kappa shape index (κ1) is 12.6. The molecule has 0 heterocycles. The van der Waals surface area contributed by atoms with Gasteiger partial charge in [0.1, 0.15) is 6.04 Å². The van der Waals surface area contributed by atoms with Crippen LogP contribution in [0.25, 0.3) is 0 Å². The molecule has 1 saturated carbocycles. The number of benzene rings is 1. The van der Waals surface area contributed by atoms with Crippen LogP contribution in [0, 0.1) is 6.92 Å². The van der Waals surface area contributed by atoms with E-state index in [2.05, 4.69) is 0 Å². The van der Waals surface area contributed by atoms with E-state index in [4.69, 9.17) is 5.11 Å². The molecule has 1 aliphatic rings. The van der Waals surface area contributed by atoms with Crippen molar-refractivity contribution in [3.63, 3.8) is 0 Å². The van der Waals surface area contributed by atoms with Crippen LogP contribution < -0.4 is 0 Å². The number of carboxylic acid groups (broad SMARTS) is 1. The van der Waals surface area contributed by atoms with Crippen LogP contribution in [0.3, 0.4) is 0 Å². The molecule has 1 fully saturated rings. The highest BCUT2D eigenvalue weighted by molar-refractivity contribution is 5.98. The molecule has 4 nitrogen and oxygen atoms in total. The number of amides is 1. The maximum Gasteiger partial charge on any atom is 0.326 e. The first-order valence-corrected chi connectivity index (χ1v) is 6.13. The molecule has 1 aromatic carbocycles. The Hall–Kier alpha value is -1.84. The lowest BCUT2D eigenvalue weighted by Gasteiger charge is -2.27. The molecule has 0 saturated heterocycles. The first-order valence-electron chi connectivity index (χ1n) is 6.13. The molecule has 0 aromatic heterocycles. The second-order valence-corrected chi connectivity index (χ2v) is 4.77. The van der Waals surface area contributed by atoms with Crippen LogP contribution in [0.1, 0.15) is 35.7 Å². The SMILES string of the molecule is Cc1ccccc1C(=O)N(C1CC1)C(C)C(=O)O. The molecule has 1 amide bonds. The first-order chi connectivity index (χ1) is 8.52. The summed E-state index contributed by atoms with van der Waals surface area (Å²) in [5.41, 5.74) is 1.48. The zero-order valence-electron chi connectivity index (χ0n) is 10.6. The van der Waals surface area contributed by atoms with Gasteiger partial charge in [0.25, 0.3) is 5.91 Å². The summed E-state index contributed by atoms with van der Waals surface area (Å²) in [5.74, 6) is -1.13. The van der Waals surface area contributed by atoms with Gasteiger partial charge < -0.3 is 10.0 Å². The minimum absolute atomic E-state index is 0.0863. The topological polar surface area (TPSA) is 57.6 Å². The highest BCUT2D eigenvalue weighted by Crippen LogP contribution is 2.30. The smallest absolute Gasteiger partial charge is 0.326 e. The van der Waals surface area contributed by atoms with Crippen LogP contribution >= 0.6 is 0 Å². The third-order valence-corrected chi connectivity index (χ3v) is 3.32. The zero-order chi connectivity index (χ0) is 13.3. The maximum atomic E-state index is 12.5. The molecular formula is C14H17NO3. The molecular weight excluding hydrogens is 230 g/mol. The molecule has 1 N–H and O–H groups in total. The van der Waals surface area contributed by atoms with Gasteiger partial charge in [-0.15, -0.1) is 0 Å². The third-order valence-electron chi connectivity index (χ3n) is 3.32. The molecule has 96 valence electrons. The number of hydrogen-bond donors (Lipinski definition) is 1. The van der Waals surface area contributed by atoms with E-state index in [-0.39, 0.29) is 11.9 Å². The van der Waals surface area contributed by atoms with Gasteiger partial charge in [-0.05, 0) is 38.3 Å². The summed E-state index contributed by atoms with van der Waals surface area (Å²) < 4.78 is 0. The van der Waals surface area contributed by atoms with Crippen molar-refractivity contribution in [2.75, 3.05) is 0 Å². The summed E-state index contributed by atoms with van der Waals surface area (Å²) in [5, 5.41) is 9.10. The van der Waals surface area contributed by atoms with Crippen molar-refractivity contribution < 1.29 is 14.7 Å². The van der Waals surface area contributed by atoms with Crippen LogP contribution in [-0.4, -0.2) is 34.0 Å². The Morgan fingerprint density at radius 3 is 2.44 bits per heavy atom. The average molecular weight is 247 g/mol. The Morgan fingerprint density at radius 2 is 1.94 bits per heavy atom. The molecule has 1 atom stereocenters. The fraction of sp³-hybridized carbons (Fsp3) is 0.429. The minimum Gasteiger partial charge on any atom is -0.480 e. The van der Waals surface area contributed by atoms with Gasteiger partial charge in [-0.1, -0.05) is 18.2 Å². The van der Waals surface area contributed by atoms with Gasteiger partial charge >= 0.3 is 5.97 Å². The van der Waals surface area contributed by atoms with Gasteiger partial charge in [-0.2, -0.15) is 0 Å². The van der Waals surface area contributed by atoms with E-state index in [1.54, 1.807) is 19.1 Å². The fourth-order valence-corrected chi connectivity index (χ4v) is 2.08. The predicted octanol–water partition coefficient (Wildman–Crippen LogP) is 2.07. The number of carboxylic acids is 1. The Morgan fingerprint density at radius 1 is 1.33 bits per heavy atom. The number of hydrogen-bond acceptors (Lipinski definition) is 2. The third kappa shape index (κ3) is 2.37. The van der Waals surface area contributed by atoms with E-state index in [9.17, 15) is 9.59 Å². The molecule has 1 aromatic rings. The number of carbonyl (C=O) groups is 2. The van der Waals surface area contributed by atoms with Crippen molar-refractivity contribution in [1.82, 2.24) is 4.90 Å². The summed E-state index contributed by atoms with van der Waals surface area (Å²) >= 11 is 0. The second kappa shape index (κ2) is 4.80. The summed E-state index contributed by atoms with van der Waals surface area (Å²) in [6, 6.07) is 6.60. The van der Waals surface area contributed by atoms with Gasteiger partial charge in [0.05, 0.1) is 0 Å². The molecule has 0 aliphatic heterocycles. The van der Waals surface area contributed by atoms with E-state index >= 15 is 0 Å². The number of aliphatic carboxylic acids is 1. The van der Waals surface area contributed by atoms with Crippen molar-refractivity contribution in [2.45, 2.75) is 38.8 Å². The van der Waals surface area contributed by atoms with E-state index in [1.165, 1.54) is 4.90 Å². The van der Waals surface area contributed by atoms with E-state index in [1.807, 2.05) is 19.1 Å². The standard InChI is InChI=1S/C14H17NO3/c1-9-5-3-4-6-12(9)13(16)15(11-7-8-11)10(2)14(17)18/h3-6,10-11H,7-8H2,1-2H3,(H,17,18).